The molecule has 25 heavy (non-hydrogen) atoms. The Hall–Kier alpha value is -0.580. The average Bonchev–Trinajstić information content (AvgIpc) is 2.44. The Bertz CT molecular complexity index is 509. The Morgan fingerprint density at radius 1 is 1.24 bits per heavy atom. The van der Waals surface area contributed by atoms with E-state index < -0.39 is 34.5 Å². The predicted molar refractivity (Wildman–Crippen MR) is 92.7 cm³/mol. The van der Waals surface area contributed by atoms with Crippen LogP contribution in [-0.2, 0) is 14.6 Å². The van der Waals surface area contributed by atoms with Gasteiger partial charge in [-0.1, -0.05) is 13.8 Å². The highest BCUT2D eigenvalue weighted by atomic mass is 35.5. The number of piperazine rings is 1. The summed E-state index contributed by atoms with van der Waals surface area (Å²) >= 11 is 0. The van der Waals surface area contributed by atoms with Gasteiger partial charge in [0.05, 0.1) is 11.5 Å². The fourth-order valence-electron chi connectivity index (χ4n) is 2.58. The standard InChI is InChI=1S/C14H26F3N3O3S.ClH/c1-11(2)10-24(22,23)8-3-13(21)19-9-12(14(15,16)17)20-6-4-18-5-7-20;/h11-12,18H,3-10H2,1-2H3,(H,19,21);1H. The fraction of sp³-hybridized carbons (Fsp3) is 0.929. The highest BCUT2D eigenvalue weighted by Gasteiger charge is 2.43. The van der Waals surface area contributed by atoms with Gasteiger partial charge in [-0.3, -0.25) is 9.69 Å². The summed E-state index contributed by atoms with van der Waals surface area (Å²) in [6.45, 7) is 4.37. The number of nitrogens with zero attached hydrogens (tertiary/aromatic N) is 1. The molecule has 1 saturated heterocycles. The summed E-state index contributed by atoms with van der Waals surface area (Å²) in [7, 11) is -3.37. The van der Waals surface area contributed by atoms with E-state index in [0.29, 0.717) is 13.1 Å². The second kappa shape index (κ2) is 10.5. The number of halogens is 4. The molecule has 2 N–H and O–H groups in total. The van der Waals surface area contributed by atoms with Gasteiger partial charge in [0, 0.05) is 39.1 Å². The Kier molecular flexibility index (Phi) is 10.3. The van der Waals surface area contributed by atoms with Crippen LogP contribution in [0.15, 0.2) is 0 Å². The second-order valence-corrected chi connectivity index (χ2v) is 8.63. The number of nitrogens with one attached hydrogen (secondary N) is 2. The molecule has 0 aliphatic carbocycles. The van der Waals surface area contributed by atoms with Crippen LogP contribution in [0.3, 0.4) is 0 Å². The van der Waals surface area contributed by atoms with Gasteiger partial charge >= 0.3 is 6.18 Å². The normalized spacial score (nSPS) is 17.8. The summed E-state index contributed by atoms with van der Waals surface area (Å²) in [5.41, 5.74) is 0. The van der Waals surface area contributed by atoms with E-state index in [0.717, 1.165) is 0 Å². The number of hydrogen-bond acceptors (Lipinski definition) is 5. The van der Waals surface area contributed by atoms with Crippen LogP contribution in [-0.4, -0.2) is 75.7 Å². The Morgan fingerprint density at radius 2 is 1.80 bits per heavy atom. The fourth-order valence-corrected chi connectivity index (χ4v) is 4.26. The number of carbonyl (C=O) groups is 1. The summed E-state index contributed by atoms with van der Waals surface area (Å²) in [5.74, 6) is -1.11. The van der Waals surface area contributed by atoms with Crippen LogP contribution in [0, 0.1) is 5.92 Å². The summed E-state index contributed by atoms with van der Waals surface area (Å²) in [5, 5.41) is 5.20. The largest absolute Gasteiger partial charge is 0.405 e. The molecule has 1 fully saturated rings. The lowest BCUT2D eigenvalue weighted by atomic mass is 10.2. The molecule has 1 rings (SSSR count). The first-order valence-corrected chi connectivity index (χ1v) is 9.82. The summed E-state index contributed by atoms with van der Waals surface area (Å²) in [6.07, 6.45) is -4.77. The van der Waals surface area contributed by atoms with Crippen molar-refractivity contribution >= 4 is 28.2 Å². The molecular weight excluding hydrogens is 383 g/mol. The van der Waals surface area contributed by atoms with Crippen LogP contribution < -0.4 is 10.6 Å². The molecule has 0 bridgehead atoms. The third kappa shape index (κ3) is 9.62. The molecule has 0 radical (unpaired) electrons. The van der Waals surface area contributed by atoms with E-state index in [1.54, 1.807) is 13.8 Å². The van der Waals surface area contributed by atoms with Gasteiger partial charge in [-0.2, -0.15) is 13.2 Å². The van der Waals surface area contributed by atoms with Gasteiger partial charge in [0.15, 0.2) is 9.84 Å². The molecule has 0 saturated carbocycles. The SMILES string of the molecule is CC(C)CS(=O)(=O)CCC(=O)NCC(N1CCNCC1)C(F)(F)F.Cl. The van der Waals surface area contributed by atoms with Crippen molar-refractivity contribution in [3.8, 4) is 0 Å². The van der Waals surface area contributed by atoms with Crippen molar-refractivity contribution in [2.45, 2.75) is 32.5 Å². The van der Waals surface area contributed by atoms with Crippen LogP contribution in [0.1, 0.15) is 20.3 Å². The summed E-state index contributed by atoms with van der Waals surface area (Å²) in [6, 6.07) is -1.75. The number of hydrogen-bond donors (Lipinski definition) is 2. The molecule has 11 heteroatoms. The molecule has 0 spiro atoms. The molecule has 150 valence electrons. The molecule has 6 nitrogen and oxygen atoms in total. The first kappa shape index (κ1) is 24.4. The van der Waals surface area contributed by atoms with Crippen LogP contribution in [0.4, 0.5) is 13.2 Å². The van der Waals surface area contributed by atoms with Crippen LogP contribution >= 0.6 is 12.4 Å². The zero-order valence-corrected chi connectivity index (χ0v) is 16.1. The topological polar surface area (TPSA) is 78.5 Å². The van der Waals surface area contributed by atoms with Crippen LogP contribution in [0.25, 0.3) is 0 Å². The van der Waals surface area contributed by atoms with E-state index in [4.69, 9.17) is 0 Å². The predicted octanol–water partition coefficient (Wildman–Crippen LogP) is 0.821. The van der Waals surface area contributed by atoms with Gasteiger partial charge in [-0.15, -0.1) is 12.4 Å². The molecule has 1 aliphatic rings. The minimum absolute atomic E-state index is 0. The molecule has 1 unspecified atom stereocenters. The number of alkyl halides is 3. The zero-order chi connectivity index (χ0) is 18.4. The molecular formula is C14H27ClF3N3O3S. The van der Waals surface area contributed by atoms with Crippen molar-refractivity contribution < 1.29 is 26.4 Å². The van der Waals surface area contributed by atoms with Gasteiger partial charge in [-0.05, 0) is 5.92 Å². The lowest BCUT2D eigenvalue weighted by molar-refractivity contribution is -0.184. The molecule has 1 aliphatic heterocycles. The van der Waals surface area contributed by atoms with Gasteiger partial charge in [0.25, 0.3) is 0 Å². The average molecular weight is 410 g/mol. The lowest BCUT2D eigenvalue weighted by Crippen LogP contribution is -2.57. The molecule has 1 amide bonds. The Labute approximate surface area is 153 Å². The van der Waals surface area contributed by atoms with Gasteiger partial charge in [0.2, 0.25) is 5.91 Å². The molecule has 0 aromatic heterocycles. The van der Waals surface area contributed by atoms with Gasteiger partial charge < -0.3 is 10.6 Å². The first-order valence-electron chi connectivity index (χ1n) is 8.00. The minimum atomic E-state index is -4.45. The minimum Gasteiger partial charge on any atom is -0.354 e. The third-order valence-corrected chi connectivity index (χ3v) is 5.69. The van der Waals surface area contributed by atoms with Crippen molar-refractivity contribution in [3.05, 3.63) is 0 Å². The smallest absolute Gasteiger partial charge is 0.354 e. The van der Waals surface area contributed by atoms with E-state index in [1.165, 1.54) is 4.90 Å². The zero-order valence-electron chi connectivity index (χ0n) is 14.4. The van der Waals surface area contributed by atoms with Crippen LogP contribution in [0.2, 0.25) is 0 Å². The third-order valence-electron chi connectivity index (χ3n) is 3.69. The highest BCUT2D eigenvalue weighted by Crippen LogP contribution is 2.24. The van der Waals surface area contributed by atoms with Crippen molar-refractivity contribution in [3.63, 3.8) is 0 Å². The quantitative estimate of drug-likeness (QED) is 0.620. The van der Waals surface area contributed by atoms with Crippen molar-refractivity contribution in [1.29, 1.82) is 0 Å². The van der Waals surface area contributed by atoms with Crippen LogP contribution in [0.5, 0.6) is 0 Å². The number of rotatable bonds is 8. The Morgan fingerprint density at radius 3 is 2.28 bits per heavy atom. The van der Waals surface area contributed by atoms with E-state index in [2.05, 4.69) is 10.6 Å². The van der Waals surface area contributed by atoms with Gasteiger partial charge in [0.1, 0.15) is 6.04 Å². The monoisotopic (exact) mass is 409 g/mol. The molecule has 1 atom stereocenters. The van der Waals surface area contributed by atoms with Crippen molar-refractivity contribution in [1.82, 2.24) is 15.5 Å². The van der Waals surface area contributed by atoms with E-state index in [1.807, 2.05) is 0 Å². The highest BCUT2D eigenvalue weighted by molar-refractivity contribution is 7.91. The van der Waals surface area contributed by atoms with E-state index in [-0.39, 0.29) is 49.3 Å². The van der Waals surface area contributed by atoms with Crippen molar-refractivity contribution in [2.24, 2.45) is 5.92 Å². The van der Waals surface area contributed by atoms with Crippen molar-refractivity contribution in [2.75, 3.05) is 44.2 Å². The lowest BCUT2D eigenvalue weighted by Gasteiger charge is -2.35. The number of sulfone groups is 1. The van der Waals surface area contributed by atoms with E-state index in [9.17, 15) is 26.4 Å². The Balaban J connectivity index is 0.00000576. The first-order chi connectivity index (χ1) is 11.0. The summed E-state index contributed by atoms with van der Waals surface area (Å²) in [4.78, 5) is 13.0. The molecule has 0 aromatic rings. The maximum atomic E-state index is 13.2. The van der Waals surface area contributed by atoms with Gasteiger partial charge in [-0.25, -0.2) is 8.42 Å². The van der Waals surface area contributed by atoms with E-state index >= 15 is 0 Å². The maximum absolute atomic E-state index is 13.2. The summed E-state index contributed by atoms with van der Waals surface area (Å²) < 4.78 is 62.9. The number of amides is 1. The number of carbonyl (C=O) groups excluding carboxylic acids is 1. The second-order valence-electron chi connectivity index (χ2n) is 6.41. The molecule has 0 aromatic carbocycles. The maximum Gasteiger partial charge on any atom is 0.405 e. The molecule has 1 heterocycles.